The zero-order valence-corrected chi connectivity index (χ0v) is 20.0. The SMILES string of the molecule is COc1ccc(N2C(=O)[C@@H]3[C@@H](N=NN3CC(=O)Nc3ccc(Oc4ccccc4)cc3)C2=O)cc1OC. The van der Waals surface area contributed by atoms with Crippen LogP contribution in [0.4, 0.5) is 11.4 Å². The van der Waals surface area contributed by atoms with Gasteiger partial charge in [-0.3, -0.25) is 19.4 Å². The van der Waals surface area contributed by atoms with Gasteiger partial charge in [-0.25, -0.2) is 4.90 Å². The number of nitrogens with zero attached hydrogens (tertiary/aromatic N) is 4. The third kappa shape index (κ3) is 4.66. The maximum atomic E-state index is 13.2. The van der Waals surface area contributed by atoms with Crippen LogP contribution in [0.25, 0.3) is 0 Å². The molecule has 11 heteroatoms. The topological polar surface area (TPSA) is 122 Å². The molecule has 2 aliphatic heterocycles. The monoisotopic (exact) mass is 501 g/mol. The summed E-state index contributed by atoms with van der Waals surface area (Å²) in [5.41, 5.74) is 0.860. The number of carbonyl (C=O) groups is 3. The van der Waals surface area contributed by atoms with E-state index in [0.29, 0.717) is 34.4 Å². The van der Waals surface area contributed by atoms with Gasteiger partial charge in [-0.1, -0.05) is 23.4 Å². The summed E-state index contributed by atoms with van der Waals surface area (Å²) in [6.45, 7) is -0.258. The minimum Gasteiger partial charge on any atom is -0.493 e. The minimum atomic E-state index is -1.03. The molecule has 3 aromatic carbocycles. The molecule has 3 aromatic rings. The summed E-state index contributed by atoms with van der Waals surface area (Å²) in [5.74, 6) is 0.683. The third-order valence-corrected chi connectivity index (χ3v) is 5.91. The first-order valence-corrected chi connectivity index (χ1v) is 11.4. The molecule has 0 aromatic heterocycles. The van der Waals surface area contributed by atoms with Gasteiger partial charge in [0.25, 0.3) is 11.8 Å². The van der Waals surface area contributed by atoms with Crippen LogP contribution in [0.1, 0.15) is 0 Å². The number of hydrogen-bond donors (Lipinski definition) is 1. The van der Waals surface area contributed by atoms with Gasteiger partial charge in [0.2, 0.25) is 5.91 Å². The van der Waals surface area contributed by atoms with Crippen molar-refractivity contribution in [3.63, 3.8) is 0 Å². The van der Waals surface area contributed by atoms with E-state index in [0.717, 1.165) is 4.90 Å². The molecule has 0 spiro atoms. The quantitative estimate of drug-likeness (QED) is 0.469. The molecule has 3 amide bonds. The molecule has 0 bridgehead atoms. The Morgan fingerprint density at radius 2 is 1.59 bits per heavy atom. The number of hydrogen-bond acceptors (Lipinski definition) is 9. The number of benzene rings is 3. The fraction of sp³-hybridized carbons (Fsp3) is 0.192. The first-order chi connectivity index (χ1) is 18.0. The molecule has 0 unspecified atom stereocenters. The number of fused-ring (bicyclic) bond motifs is 1. The average molecular weight is 501 g/mol. The van der Waals surface area contributed by atoms with E-state index in [4.69, 9.17) is 14.2 Å². The molecule has 2 aliphatic rings. The molecule has 5 rings (SSSR count). The van der Waals surface area contributed by atoms with Gasteiger partial charge in [-0.2, -0.15) is 5.11 Å². The summed E-state index contributed by atoms with van der Waals surface area (Å²) in [5, 5.41) is 11.9. The van der Waals surface area contributed by atoms with Crippen molar-refractivity contribution in [2.45, 2.75) is 12.1 Å². The van der Waals surface area contributed by atoms with Gasteiger partial charge in [-0.15, -0.1) is 0 Å². The fourth-order valence-corrected chi connectivity index (χ4v) is 4.15. The predicted molar refractivity (Wildman–Crippen MR) is 133 cm³/mol. The number of methoxy groups -OCH3 is 2. The van der Waals surface area contributed by atoms with E-state index in [1.807, 2.05) is 30.3 Å². The van der Waals surface area contributed by atoms with Crippen LogP contribution in [0.5, 0.6) is 23.0 Å². The molecule has 188 valence electrons. The van der Waals surface area contributed by atoms with Gasteiger partial charge in [-0.05, 0) is 48.5 Å². The van der Waals surface area contributed by atoms with E-state index in [1.165, 1.54) is 25.3 Å². The number of para-hydroxylation sites is 1. The van der Waals surface area contributed by atoms with Gasteiger partial charge >= 0.3 is 0 Å². The number of imide groups is 1. The lowest BCUT2D eigenvalue weighted by atomic mass is 10.1. The number of amides is 3. The summed E-state index contributed by atoms with van der Waals surface area (Å²) in [6, 6.07) is 18.9. The van der Waals surface area contributed by atoms with Crippen LogP contribution in [-0.2, 0) is 14.4 Å². The number of carbonyl (C=O) groups excluding carboxylic acids is 3. The van der Waals surface area contributed by atoms with Crippen LogP contribution < -0.4 is 24.4 Å². The summed E-state index contributed by atoms with van der Waals surface area (Å²) in [4.78, 5) is 39.9. The average Bonchev–Trinajstić information content (AvgIpc) is 3.44. The Morgan fingerprint density at radius 1 is 0.892 bits per heavy atom. The third-order valence-electron chi connectivity index (χ3n) is 5.91. The van der Waals surface area contributed by atoms with Crippen molar-refractivity contribution in [3.05, 3.63) is 72.8 Å². The smallest absolute Gasteiger partial charge is 0.263 e. The number of rotatable bonds is 8. The van der Waals surface area contributed by atoms with Crippen LogP contribution >= 0.6 is 0 Å². The van der Waals surface area contributed by atoms with Crippen molar-refractivity contribution in [3.8, 4) is 23.0 Å². The van der Waals surface area contributed by atoms with Gasteiger partial charge in [0.1, 0.15) is 18.0 Å². The van der Waals surface area contributed by atoms with E-state index in [1.54, 1.807) is 36.4 Å². The molecule has 1 saturated heterocycles. The van der Waals surface area contributed by atoms with E-state index in [-0.39, 0.29) is 6.54 Å². The highest BCUT2D eigenvalue weighted by atomic mass is 16.5. The molecule has 1 N–H and O–H groups in total. The second-order valence-corrected chi connectivity index (χ2v) is 8.23. The minimum absolute atomic E-state index is 0.258. The molecular formula is C26H23N5O6. The van der Waals surface area contributed by atoms with Crippen LogP contribution in [0.2, 0.25) is 0 Å². The lowest BCUT2D eigenvalue weighted by Gasteiger charge is -2.20. The van der Waals surface area contributed by atoms with Crippen molar-refractivity contribution in [2.24, 2.45) is 10.3 Å². The Labute approximate surface area is 212 Å². The lowest BCUT2D eigenvalue weighted by molar-refractivity contribution is -0.123. The number of nitrogens with one attached hydrogen (secondary N) is 1. The van der Waals surface area contributed by atoms with E-state index in [9.17, 15) is 14.4 Å². The molecule has 0 radical (unpaired) electrons. The van der Waals surface area contributed by atoms with E-state index < -0.39 is 29.8 Å². The maximum absolute atomic E-state index is 13.2. The largest absolute Gasteiger partial charge is 0.493 e. The van der Waals surface area contributed by atoms with Crippen LogP contribution in [-0.4, -0.2) is 55.6 Å². The summed E-state index contributed by atoms with van der Waals surface area (Å²) < 4.78 is 16.3. The van der Waals surface area contributed by atoms with E-state index >= 15 is 0 Å². The van der Waals surface area contributed by atoms with Crippen molar-refractivity contribution < 1.29 is 28.6 Å². The zero-order chi connectivity index (χ0) is 25.9. The molecule has 0 saturated carbocycles. The van der Waals surface area contributed by atoms with Crippen LogP contribution in [0.3, 0.4) is 0 Å². The normalized spacial score (nSPS) is 18.1. The molecule has 37 heavy (non-hydrogen) atoms. The molecule has 2 heterocycles. The lowest BCUT2D eigenvalue weighted by Crippen LogP contribution is -2.43. The highest BCUT2D eigenvalue weighted by Gasteiger charge is 2.55. The Hall–Kier alpha value is -4.93. The van der Waals surface area contributed by atoms with Crippen molar-refractivity contribution in [1.29, 1.82) is 0 Å². The van der Waals surface area contributed by atoms with Gasteiger partial charge < -0.3 is 19.5 Å². The molecule has 0 aliphatic carbocycles. The van der Waals surface area contributed by atoms with Gasteiger partial charge in [0, 0.05) is 11.8 Å². The summed E-state index contributed by atoms with van der Waals surface area (Å²) in [6.07, 6.45) is 0. The van der Waals surface area contributed by atoms with Gasteiger partial charge in [0.15, 0.2) is 23.6 Å². The standard InChI is InChI=1S/C26H23N5O6/c1-35-20-13-10-17(14-21(20)36-2)31-25(33)23-24(26(31)34)30(29-28-23)15-22(32)27-16-8-11-19(12-9-16)37-18-6-4-3-5-7-18/h3-14,23-24H,15H2,1-2H3,(H,27,32)/t23-,24+/m1/s1. The van der Waals surface area contributed by atoms with Gasteiger partial charge in [0.05, 0.1) is 19.9 Å². The second-order valence-electron chi connectivity index (χ2n) is 8.23. The molecule has 11 nitrogen and oxygen atoms in total. The van der Waals surface area contributed by atoms with Crippen LogP contribution in [0.15, 0.2) is 83.1 Å². The van der Waals surface area contributed by atoms with Crippen LogP contribution in [0, 0.1) is 0 Å². The highest BCUT2D eigenvalue weighted by Crippen LogP contribution is 2.36. The fourth-order valence-electron chi connectivity index (χ4n) is 4.15. The molecular weight excluding hydrogens is 478 g/mol. The first kappa shape index (κ1) is 23.8. The Bertz CT molecular complexity index is 1360. The van der Waals surface area contributed by atoms with Crippen molar-refractivity contribution in [2.75, 3.05) is 31.0 Å². The summed E-state index contributed by atoms with van der Waals surface area (Å²) >= 11 is 0. The molecule has 2 atom stereocenters. The maximum Gasteiger partial charge on any atom is 0.263 e. The Balaban J connectivity index is 1.23. The van der Waals surface area contributed by atoms with Crippen molar-refractivity contribution in [1.82, 2.24) is 5.01 Å². The Kier molecular flexibility index (Phi) is 6.42. The van der Waals surface area contributed by atoms with Crippen molar-refractivity contribution >= 4 is 29.1 Å². The highest BCUT2D eigenvalue weighted by molar-refractivity contribution is 6.25. The van der Waals surface area contributed by atoms with E-state index in [2.05, 4.69) is 15.7 Å². The summed E-state index contributed by atoms with van der Waals surface area (Å²) in [7, 11) is 2.95. The Morgan fingerprint density at radius 3 is 2.30 bits per heavy atom. The molecule has 1 fully saturated rings. The second kappa shape index (κ2) is 9.97. The number of ether oxygens (including phenoxy) is 3. The zero-order valence-electron chi connectivity index (χ0n) is 20.0. The number of anilines is 2. The predicted octanol–water partition coefficient (Wildman–Crippen LogP) is 3.43. The first-order valence-electron chi connectivity index (χ1n) is 11.4.